The standard InChI is InChI=1S/C24H24N2O4/c1-15-2-4-17(5-3-15)13-19(27)8-6-16-7-9-20-18(12-16)14-26(24(20)30)21-10-11-22(28)25-23(21)29/h2-5,7,9,12,21H,6,8,10-11,13-14H2,1H3,(H,25,28,29). The summed E-state index contributed by atoms with van der Waals surface area (Å²) in [6, 6.07) is 13.0. The fourth-order valence-corrected chi connectivity index (χ4v) is 4.09. The predicted octanol–water partition coefficient (Wildman–Crippen LogP) is 2.50. The van der Waals surface area contributed by atoms with Gasteiger partial charge in [0.25, 0.3) is 5.91 Å². The smallest absolute Gasteiger partial charge is 0.255 e. The van der Waals surface area contributed by atoms with Crippen molar-refractivity contribution >= 4 is 23.5 Å². The molecule has 2 aromatic rings. The number of rotatable bonds is 6. The molecule has 0 radical (unpaired) electrons. The normalized spacial score (nSPS) is 18.4. The Hall–Kier alpha value is -3.28. The molecule has 6 nitrogen and oxygen atoms in total. The van der Waals surface area contributed by atoms with E-state index < -0.39 is 11.9 Å². The van der Waals surface area contributed by atoms with E-state index in [0.29, 0.717) is 37.8 Å². The number of nitrogens with zero attached hydrogens (tertiary/aromatic N) is 1. The Labute approximate surface area is 175 Å². The first-order valence-electron chi connectivity index (χ1n) is 10.2. The highest BCUT2D eigenvalue weighted by molar-refractivity contribution is 6.05. The zero-order chi connectivity index (χ0) is 21.3. The summed E-state index contributed by atoms with van der Waals surface area (Å²) >= 11 is 0. The van der Waals surface area contributed by atoms with Crippen LogP contribution < -0.4 is 5.32 Å². The summed E-state index contributed by atoms with van der Waals surface area (Å²) in [6.07, 6.45) is 2.07. The van der Waals surface area contributed by atoms with E-state index in [-0.39, 0.29) is 24.0 Å². The number of ketones is 1. The van der Waals surface area contributed by atoms with Gasteiger partial charge >= 0.3 is 0 Å². The zero-order valence-corrected chi connectivity index (χ0v) is 16.9. The van der Waals surface area contributed by atoms with Gasteiger partial charge in [-0.25, -0.2) is 0 Å². The number of hydrogen-bond donors (Lipinski definition) is 1. The summed E-state index contributed by atoms with van der Waals surface area (Å²) in [6.45, 7) is 2.37. The van der Waals surface area contributed by atoms with Gasteiger partial charge in [0.15, 0.2) is 0 Å². The van der Waals surface area contributed by atoms with Crippen molar-refractivity contribution in [3.63, 3.8) is 0 Å². The van der Waals surface area contributed by atoms with Crippen LogP contribution in [-0.2, 0) is 33.8 Å². The number of Topliss-reactive ketones (excluding diaryl/α,β-unsaturated/α-hetero) is 1. The highest BCUT2D eigenvalue weighted by Crippen LogP contribution is 2.28. The molecule has 2 aliphatic heterocycles. The Morgan fingerprint density at radius 2 is 1.80 bits per heavy atom. The summed E-state index contributed by atoms with van der Waals surface area (Å²) in [5.41, 5.74) is 4.65. The molecule has 6 heteroatoms. The molecule has 1 N–H and O–H groups in total. The Kier molecular flexibility index (Phi) is 5.48. The molecule has 0 saturated carbocycles. The van der Waals surface area contributed by atoms with Crippen LogP contribution in [0, 0.1) is 6.92 Å². The van der Waals surface area contributed by atoms with Crippen LogP contribution in [0.3, 0.4) is 0 Å². The topological polar surface area (TPSA) is 83.6 Å². The van der Waals surface area contributed by atoms with Gasteiger partial charge in [0.05, 0.1) is 0 Å². The number of fused-ring (bicyclic) bond motifs is 1. The lowest BCUT2D eigenvalue weighted by Gasteiger charge is -2.29. The molecule has 4 rings (SSSR count). The Morgan fingerprint density at radius 1 is 1.07 bits per heavy atom. The van der Waals surface area contributed by atoms with Crippen molar-refractivity contribution in [2.45, 2.75) is 51.6 Å². The lowest BCUT2D eigenvalue weighted by molar-refractivity contribution is -0.137. The molecule has 1 saturated heterocycles. The number of benzene rings is 2. The van der Waals surface area contributed by atoms with Crippen molar-refractivity contribution in [1.82, 2.24) is 10.2 Å². The summed E-state index contributed by atoms with van der Waals surface area (Å²) in [5.74, 6) is -0.700. The van der Waals surface area contributed by atoms with Crippen LogP contribution in [0.2, 0.25) is 0 Å². The molecule has 154 valence electrons. The minimum Gasteiger partial charge on any atom is -0.322 e. The number of aryl methyl sites for hydroxylation is 2. The first kappa shape index (κ1) is 20.0. The lowest BCUT2D eigenvalue weighted by Crippen LogP contribution is -2.52. The van der Waals surface area contributed by atoms with E-state index in [1.54, 1.807) is 11.0 Å². The van der Waals surface area contributed by atoms with Gasteiger partial charge in [-0.2, -0.15) is 0 Å². The van der Waals surface area contributed by atoms with Gasteiger partial charge in [0.2, 0.25) is 11.8 Å². The van der Waals surface area contributed by atoms with Gasteiger partial charge in [0.1, 0.15) is 11.8 Å². The Morgan fingerprint density at radius 3 is 2.53 bits per heavy atom. The SMILES string of the molecule is Cc1ccc(CC(=O)CCc2ccc3c(c2)CN(C2CCC(=O)NC2=O)C3=O)cc1. The molecule has 0 aliphatic carbocycles. The minimum atomic E-state index is -0.609. The molecular formula is C24H24N2O4. The van der Waals surface area contributed by atoms with Crippen LogP contribution in [0.15, 0.2) is 42.5 Å². The van der Waals surface area contributed by atoms with Gasteiger partial charge in [-0.1, -0.05) is 42.0 Å². The van der Waals surface area contributed by atoms with E-state index >= 15 is 0 Å². The first-order valence-corrected chi connectivity index (χ1v) is 10.2. The molecule has 3 amide bonds. The Balaban J connectivity index is 1.38. The molecule has 30 heavy (non-hydrogen) atoms. The molecule has 2 heterocycles. The summed E-state index contributed by atoms with van der Waals surface area (Å²) in [5, 5.41) is 2.31. The number of hydrogen-bond acceptors (Lipinski definition) is 4. The molecule has 0 spiro atoms. The Bertz CT molecular complexity index is 1030. The molecule has 0 aromatic heterocycles. The average Bonchev–Trinajstić information content (AvgIpc) is 3.04. The van der Waals surface area contributed by atoms with Crippen molar-refractivity contribution in [3.8, 4) is 0 Å². The van der Waals surface area contributed by atoms with Gasteiger partial charge in [-0.3, -0.25) is 24.5 Å². The second-order valence-electron chi connectivity index (χ2n) is 8.09. The number of carbonyl (C=O) groups is 4. The second-order valence-corrected chi connectivity index (χ2v) is 8.09. The summed E-state index contributed by atoms with van der Waals surface area (Å²) < 4.78 is 0. The second kappa shape index (κ2) is 8.22. The lowest BCUT2D eigenvalue weighted by atomic mass is 9.99. The van der Waals surface area contributed by atoms with Crippen molar-refractivity contribution in [2.75, 3.05) is 0 Å². The van der Waals surface area contributed by atoms with Crippen LogP contribution in [0.5, 0.6) is 0 Å². The van der Waals surface area contributed by atoms with Crippen LogP contribution in [0.25, 0.3) is 0 Å². The van der Waals surface area contributed by atoms with Crippen molar-refractivity contribution < 1.29 is 19.2 Å². The van der Waals surface area contributed by atoms with E-state index in [4.69, 9.17) is 0 Å². The maximum absolute atomic E-state index is 12.7. The minimum absolute atomic E-state index is 0.179. The third kappa shape index (κ3) is 4.17. The third-order valence-corrected chi connectivity index (χ3v) is 5.80. The van der Waals surface area contributed by atoms with Gasteiger partial charge in [0, 0.05) is 31.4 Å². The monoisotopic (exact) mass is 404 g/mol. The van der Waals surface area contributed by atoms with Crippen LogP contribution in [-0.4, -0.2) is 34.4 Å². The van der Waals surface area contributed by atoms with Crippen molar-refractivity contribution in [1.29, 1.82) is 0 Å². The molecule has 0 bridgehead atoms. The van der Waals surface area contributed by atoms with Gasteiger partial charge in [-0.05, 0) is 42.5 Å². The molecule has 1 unspecified atom stereocenters. The fraction of sp³-hybridized carbons (Fsp3) is 0.333. The molecular weight excluding hydrogens is 380 g/mol. The van der Waals surface area contributed by atoms with E-state index in [9.17, 15) is 19.2 Å². The number of carbonyl (C=O) groups excluding carboxylic acids is 4. The maximum atomic E-state index is 12.7. The number of nitrogens with one attached hydrogen (secondary N) is 1. The highest BCUT2D eigenvalue weighted by Gasteiger charge is 2.39. The predicted molar refractivity (Wildman–Crippen MR) is 111 cm³/mol. The van der Waals surface area contributed by atoms with E-state index in [1.807, 2.05) is 43.3 Å². The number of amides is 3. The van der Waals surface area contributed by atoms with Crippen molar-refractivity contribution in [3.05, 3.63) is 70.3 Å². The maximum Gasteiger partial charge on any atom is 0.255 e. The molecule has 2 aromatic carbocycles. The van der Waals surface area contributed by atoms with E-state index in [2.05, 4.69) is 5.32 Å². The molecule has 1 fully saturated rings. The summed E-state index contributed by atoms with van der Waals surface area (Å²) in [7, 11) is 0. The van der Waals surface area contributed by atoms with Crippen LogP contribution in [0.1, 0.15) is 51.9 Å². The number of piperidine rings is 1. The molecule has 1 atom stereocenters. The largest absolute Gasteiger partial charge is 0.322 e. The fourth-order valence-electron chi connectivity index (χ4n) is 4.09. The van der Waals surface area contributed by atoms with Crippen molar-refractivity contribution in [2.24, 2.45) is 0 Å². The van der Waals surface area contributed by atoms with Gasteiger partial charge in [-0.15, -0.1) is 0 Å². The first-order chi connectivity index (χ1) is 14.4. The van der Waals surface area contributed by atoms with Crippen LogP contribution >= 0.6 is 0 Å². The third-order valence-electron chi connectivity index (χ3n) is 5.80. The number of imide groups is 1. The van der Waals surface area contributed by atoms with Gasteiger partial charge < -0.3 is 4.90 Å². The highest BCUT2D eigenvalue weighted by atomic mass is 16.2. The van der Waals surface area contributed by atoms with E-state index in [1.165, 1.54) is 5.56 Å². The van der Waals surface area contributed by atoms with E-state index in [0.717, 1.165) is 16.7 Å². The molecule has 2 aliphatic rings. The zero-order valence-electron chi connectivity index (χ0n) is 16.9. The quantitative estimate of drug-likeness (QED) is 0.750. The summed E-state index contributed by atoms with van der Waals surface area (Å²) in [4.78, 5) is 50.1. The van der Waals surface area contributed by atoms with Crippen LogP contribution in [0.4, 0.5) is 0 Å². The average molecular weight is 404 g/mol.